The summed E-state index contributed by atoms with van der Waals surface area (Å²) in [6.45, 7) is 0. The Kier molecular flexibility index (Phi) is 5.28. The van der Waals surface area contributed by atoms with Crippen LogP contribution in [-0.2, 0) is 0 Å². The molecule has 0 spiro atoms. The molecule has 0 radical (unpaired) electrons. The topological polar surface area (TPSA) is 51.3 Å². The van der Waals surface area contributed by atoms with Crippen LogP contribution in [0.25, 0.3) is 22.5 Å². The highest BCUT2D eigenvalue weighted by atomic mass is 19.1. The number of nitrogens with one attached hydrogen (secondary N) is 1. The first-order chi connectivity index (χ1) is 15.2. The van der Waals surface area contributed by atoms with Gasteiger partial charge in [0.15, 0.2) is 5.69 Å². The fourth-order valence-corrected chi connectivity index (χ4v) is 4.34. The van der Waals surface area contributed by atoms with Crippen molar-refractivity contribution < 1.29 is 9.18 Å². The Morgan fingerprint density at radius 2 is 1.61 bits per heavy atom. The molecule has 4 aromatic rings. The molecule has 1 aromatic carbocycles. The lowest BCUT2D eigenvalue weighted by Gasteiger charge is -2.15. The summed E-state index contributed by atoms with van der Waals surface area (Å²) < 4.78 is 17.0. The van der Waals surface area contributed by atoms with Crippen molar-refractivity contribution in [3.8, 4) is 16.9 Å². The Morgan fingerprint density at radius 3 is 2.39 bits per heavy atom. The molecule has 0 saturated heterocycles. The van der Waals surface area contributed by atoms with Gasteiger partial charge in [-0.2, -0.15) is 5.10 Å². The molecule has 1 aliphatic carbocycles. The molecule has 5 rings (SSSR count). The summed E-state index contributed by atoms with van der Waals surface area (Å²) in [5, 5.41) is 7.69. The van der Waals surface area contributed by atoms with Gasteiger partial charge in [0, 0.05) is 24.0 Å². The maximum atomic E-state index is 13.3. The number of nitrogens with zero attached hydrogens (tertiary/aromatic N) is 3. The third-order valence-electron chi connectivity index (χ3n) is 6.05. The van der Waals surface area contributed by atoms with Crippen LogP contribution >= 0.6 is 0 Å². The maximum Gasteiger partial charge on any atom is 0.272 e. The highest BCUT2D eigenvalue weighted by Crippen LogP contribution is 2.23. The lowest BCUT2D eigenvalue weighted by atomic mass is 10.1. The molecule has 0 atom stereocenters. The van der Waals surface area contributed by atoms with Crippen molar-refractivity contribution in [3.05, 3.63) is 78.5 Å². The van der Waals surface area contributed by atoms with Crippen molar-refractivity contribution in [3.63, 3.8) is 0 Å². The molecular formula is C25H25FN4O. The van der Waals surface area contributed by atoms with Gasteiger partial charge in [-0.15, -0.1) is 0 Å². The third kappa shape index (κ3) is 4.10. The summed E-state index contributed by atoms with van der Waals surface area (Å²) in [5.74, 6) is 0.476. The summed E-state index contributed by atoms with van der Waals surface area (Å²) in [6, 6.07) is 16.5. The van der Waals surface area contributed by atoms with Crippen molar-refractivity contribution in [1.29, 1.82) is 0 Å². The number of fused-ring (bicyclic) bond motifs is 1. The Bertz CT molecular complexity index is 1200. The molecule has 5 nitrogen and oxygen atoms in total. The van der Waals surface area contributed by atoms with Crippen LogP contribution in [0.1, 0.15) is 49.0 Å². The molecule has 0 aliphatic heterocycles. The van der Waals surface area contributed by atoms with Crippen LogP contribution in [-0.4, -0.2) is 26.1 Å². The quantitative estimate of drug-likeness (QED) is 0.454. The average Bonchev–Trinajstić information content (AvgIpc) is 3.35. The van der Waals surface area contributed by atoms with Gasteiger partial charge in [-0.05, 0) is 60.4 Å². The molecule has 0 unspecified atom stereocenters. The average molecular weight is 417 g/mol. The summed E-state index contributed by atoms with van der Waals surface area (Å²) in [7, 11) is 0. The van der Waals surface area contributed by atoms with Gasteiger partial charge in [0.05, 0.1) is 0 Å². The molecule has 1 N–H and O–H groups in total. The van der Waals surface area contributed by atoms with E-state index in [1.54, 1.807) is 22.9 Å². The van der Waals surface area contributed by atoms with Gasteiger partial charge >= 0.3 is 0 Å². The van der Waals surface area contributed by atoms with Crippen molar-refractivity contribution in [2.45, 2.75) is 44.6 Å². The Labute approximate surface area is 180 Å². The number of carbonyl (C=O) groups excluding carboxylic acids is 1. The van der Waals surface area contributed by atoms with E-state index in [0.717, 1.165) is 35.3 Å². The SMILES string of the molecule is O=C(NC1CCCCCC1)c1ccn(-c2ccc3ccc(-c4ccc(F)cc4)cn23)n1. The van der Waals surface area contributed by atoms with E-state index in [-0.39, 0.29) is 17.8 Å². The minimum Gasteiger partial charge on any atom is -0.348 e. The van der Waals surface area contributed by atoms with E-state index in [1.165, 1.54) is 37.8 Å². The molecule has 1 amide bonds. The van der Waals surface area contributed by atoms with E-state index in [1.807, 2.05) is 41.1 Å². The first-order valence-corrected chi connectivity index (χ1v) is 10.9. The minimum atomic E-state index is -0.252. The molecule has 1 saturated carbocycles. The summed E-state index contributed by atoms with van der Waals surface area (Å²) >= 11 is 0. The zero-order valence-corrected chi connectivity index (χ0v) is 17.3. The number of carbonyl (C=O) groups is 1. The predicted molar refractivity (Wildman–Crippen MR) is 119 cm³/mol. The van der Waals surface area contributed by atoms with Crippen LogP contribution < -0.4 is 5.32 Å². The summed E-state index contributed by atoms with van der Waals surface area (Å²) in [6.07, 6.45) is 10.8. The number of aromatic nitrogens is 3. The van der Waals surface area contributed by atoms with Crippen LogP contribution in [0.3, 0.4) is 0 Å². The number of hydrogen-bond donors (Lipinski definition) is 1. The predicted octanol–water partition coefficient (Wildman–Crippen LogP) is 5.38. The number of pyridine rings is 1. The molecule has 1 fully saturated rings. The van der Waals surface area contributed by atoms with Crippen LogP contribution in [0.15, 0.2) is 67.0 Å². The number of benzene rings is 1. The van der Waals surface area contributed by atoms with Crippen molar-refractivity contribution in [2.24, 2.45) is 0 Å². The minimum absolute atomic E-state index is 0.112. The molecule has 0 bridgehead atoms. The third-order valence-corrected chi connectivity index (χ3v) is 6.05. The first-order valence-electron chi connectivity index (χ1n) is 10.9. The smallest absolute Gasteiger partial charge is 0.272 e. The zero-order chi connectivity index (χ0) is 21.2. The van der Waals surface area contributed by atoms with Gasteiger partial charge in [0.25, 0.3) is 5.91 Å². The Hall–Kier alpha value is -3.41. The van der Waals surface area contributed by atoms with Crippen LogP contribution in [0.2, 0.25) is 0 Å². The second kappa shape index (κ2) is 8.38. The Balaban J connectivity index is 1.40. The Morgan fingerprint density at radius 1 is 0.903 bits per heavy atom. The van der Waals surface area contributed by atoms with Crippen molar-refractivity contribution in [1.82, 2.24) is 19.5 Å². The fourth-order valence-electron chi connectivity index (χ4n) is 4.34. The number of amides is 1. The standard InChI is InChI=1S/C25H25FN4O/c26-20-10-7-18(8-11-20)19-9-12-22-13-14-24(29(22)17-19)30-16-15-23(28-30)25(31)27-21-5-3-1-2-4-6-21/h7-17,21H,1-6H2,(H,27,31). The second-order valence-corrected chi connectivity index (χ2v) is 8.22. The number of halogens is 1. The number of rotatable bonds is 4. The van der Waals surface area contributed by atoms with E-state index in [2.05, 4.69) is 10.4 Å². The lowest BCUT2D eigenvalue weighted by molar-refractivity contribution is 0.0928. The van der Waals surface area contributed by atoms with E-state index < -0.39 is 0 Å². The monoisotopic (exact) mass is 416 g/mol. The molecule has 3 aromatic heterocycles. The van der Waals surface area contributed by atoms with Gasteiger partial charge in [-0.3, -0.25) is 4.79 Å². The molecule has 6 heteroatoms. The summed E-state index contributed by atoms with van der Waals surface area (Å²) in [4.78, 5) is 12.7. The molecule has 1 aliphatic rings. The normalized spacial score (nSPS) is 15.1. The highest BCUT2D eigenvalue weighted by Gasteiger charge is 2.18. The van der Waals surface area contributed by atoms with Crippen LogP contribution in [0.4, 0.5) is 4.39 Å². The van der Waals surface area contributed by atoms with E-state index in [0.29, 0.717) is 5.69 Å². The highest BCUT2D eigenvalue weighted by molar-refractivity contribution is 5.92. The van der Waals surface area contributed by atoms with Crippen LogP contribution in [0, 0.1) is 5.82 Å². The zero-order valence-electron chi connectivity index (χ0n) is 17.3. The van der Waals surface area contributed by atoms with E-state index >= 15 is 0 Å². The van der Waals surface area contributed by atoms with Crippen molar-refractivity contribution >= 4 is 11.4 Å². The fraction of sp³-hybridized carbons (Fsp3) is 0.280. The van der Waals surface area contributed by atoms with E-state index in [4.69, 9.17) is 0 Å². The molecule has 158 valence electrons. The maximum absolute atomic E-state index is 13.3. The molecular weight excluding hydrogens is 391 g/mol. The van der Waals surface area contributed by atoms with Crippen molar-refractivity contribution in [2.75, 3.05) is 0 Å². The molecule has 3 heterocycles. The van der Waals surface area contributed by atoms with Gasteiger partial charge in [0.2, 0.25) is 0 Å². The number of hydrogen-bond acceptors (Lipinski definition) is 2. The lowest BCUT2D eigenvalue weighted by Crippen LogP contribution is -2.34. The van der Waals surface area contributed by atoms with E-state index in [9.17, 15) is 9.18 Å². The van der Waals surface area contributed by atoms with Gasteiger partial charge < -0.3 is 9.72 Å². The largest absolute Gasteiger partial charge is 0.348 e. The second-order valence-electron chi connectivity index (χ2n) is 8.22. The first kappa shape index (κ1) is 19.5. The molecule has 31 heavy (non-hydrogen) atoms. The van der Waals surface area contributed by atoms with Crippen LogP contribution in [0.5, 0.6) is 0 Å². The summed E-state index contributed by atoms with van der Waals surface area (Å²) in [5.41, 5.74) is 3.35. The van der Waals surface area contributed by atoms with Gasteiger partial charge in [-0.1, -0.05) is 43.9 Å². The van der Waals surface area contributed by atoms with Gasteiger partial charge in [-0.25, -0.2) is 9.07 Å². The van der Waals surface area contributed by atoms with Gasteiger partial charge in [0.1, 0.15) is 11.6 Å².